The third-order valence-electron chi connectivity index (χ3n) is 2.06. The Morgan fingerprint density at radius 3 is 2.65 bits per heavy atom. The van der Waals surface area contributed by atoms with Gasteiger partial charge in [0.05, 0.1) is 5.69 Å². The van der Waals surface area contributed by atoms with E-state index in [0.29, 0.717) is 10.6 Å². The highest BCUT2D eigenvalue weighted by Crippen LogP contribution is 2.25. The summed E-state index contributed by atoms with van der Waals surface area (Å²) in [4.78, 5) is 4.60. The molecule has 0 atom stereocenters. The molecule has 0 amide bonds. The van der Waals surface area contributed by atoms with Crippen molar-refractivity contribution in [1.29, 1.82) is 0 Å². The lowest BCUT2D eigenvalue weighted by atomic mass is 10.3. The second-order valence-corrected chi connectivity index (χ2v) is 5.26. The molecule has 17 heavy (non-hydrogen) atoms. The van der Waals surface area contributed by atoms with E-state index in [0.717, 1.165) is 16.2 Å². The summed E-state index contributed by atoms with van der Waals surface area (Å²) in [7, 11) is 0. The molecule has 0 bridgehead atoms. The van der Waals surface area contributed by atoms with Gasteiger partial charge in [0.2, 0.25) is 0 Å². The van der Waals surface area contributed by atoms with Gasteiger partial charge >= 0.3 is 0 Å². The number of benzene rings is 1. The summed E-state index contributed by atoms with van der Waals surface area (Å²) < 4.78 is 26.9. The Morgan fingerprint density at radius 1 is 1.18 bits per heavy atom. The average molecular weight is 316 g/mol. The fourth-order valence-electron chi connectivity index (χ4n) is 1.24. The Bertz CT molecular complexity index is 516. The van der Waals surface area contributed by atoms with Crippen molar-refractivity contribution in [3.8, 4) is 0 Å². The molecule has 0 saturated heterocycles. The van der Waals surface area contributed by atoms with Gasteiger partial charge in [-0.3, -0.25) is 4.98 Å². The van der Waals surface area contributed by atoms with Crippen LogP contribution in [-0.4, -0.2) is 4.98 Å². The van der Waals surface area contributed by atoms with Crippen molar-refractivity contribution in [1.82, 2.24) is 4.98 Å². The minimum Gasteiger partial charge on any atom is -0.259 e. The van der Waals surface area contributed by atoms with Crippen molar-refractivity contribution in [3.05, 3.63) is 58.3 Å². The van der Waals surface area contributed by atoms with Gasteiger partial charge in [0.1, 0.15) is 11.6 Å². The lowest BCUT2D eigenvalue weighted by molar-refractivity contribution is 0.565. The second kappa shape index (κ2) is 5.60. The molecule has 0 aliphatic heterocycles. The van der Waals surface area contributed by atoms with Gasteiger partial charge in [-0.15, -0.1) is 11.8 Å². The second-order valence-electron chi connectivity index (χ2n) is 3.33. The molecule has 2 rings (SSSR count). The summed E-state index contributed by atoms with van der Waals surface area (Å²) in [5.74, 6) is -0.545. The quantitative estimate of drug-likeness (QED) is 0.778. The number of rotatable bonds is 3. The van der Waals surface area contributed by atoms with Crippen LogP contribution >= 0.6 is 27.7 Å². The van der Waals surface area contributed by atoms with Crippen LogP contribution in [-0.2, 0) is 5.75 Å². The number of aromatic nitrogens is 1. The van der Waals surface area contributed by atoms with Gasteiger partial charge in [0, 0.05) is 27.4 Å². The van der Waals surface area contributed by atoms with E-state index < -0.39 is 11.6 Å². The van der Waals surface area contributed by atoms with Crippen molar-refractivity contribution in [3.63, 3.8) is 0 Å². The Labute approximate surface area is 110 Å². The fourth-order valence-corrected chi connectivity index (χ4v) is 2.31. The molecule has 0 aliphatic rings. The van der Waals surface area contributed by atoms with E-state index in [1.807, 2.05) is 12.1 Å². The predicted molar refractivity (Wildman–Crippen MR) is 67.9 cm³/mol. The van der Waals surface area contributed by atoms with Crippen molar-refractivity contribution >= 4 is 27.7 Å². The first kappa shape index (κ1) is 12.5. The molecule has 88 valence electrons. The number of pyridine rings is 1. The molecule has 0 unspecified atom stereocenters. The standard InChI is InChI=1S/C12H8BrF2NS/c13-8-1-3-10(16-6-8)7-17-12-4-2-9(14)5-11(12)15/h1-6H,7H2. The van der Waals surface area contributed by atoms with E-state index in [-0.39, 0.29) is 0 Å². The van der Waals surface area contributed by atoms with Crippen LogP contribution in [0.25, 0.3) is 0 Å². The van der Waals surface area contributed by atoms with Gasteiger partial charge in [-0.2, -0.15) is 0 Å². The molecule has 0 saturated carbocycles. The van der Waals surface area contributed by atoms with Crippen LogP contribution in [0.5, 0.6) is 0 Å². The topological polar surface area (TPSA) is 12.9 Å². The van der Waals surface area contributed by atoms with Crippen LogP contribution in [0.2, 0.25) is 0 Å². The molecule has 0 aliphatic carbocycles. The highest BCUT2D eigenvalue weighted by atomic mass is 79.9. The van der Waals surface area contributed by atoms with Crippen LogP contribution in [0.3, 0.4) is 0 Å². The van der Waals surface area contributed by atoms with E-state index in [9.17, 15) is 8.78 Å². The molecule has 0 spiro atoms. The van der Waals surface area contributed by atoms with E-state index in [2.05, 4.69) is 20.9 Å². The van der Waals surface area contributed by atoms with E-state index in [1.165, 1.54) is 23.9 Å². The maximum atomic E-state index is 13.3. The first-order chi connectivity index (χ1) is 8.15. The summed E-state index contributed by atoms with van der Waals surface area (Å²) in [6.45, 7) is 0. The first-order valence-corrected chi connectivity index (χ1v) is 6.61. The summed E-state index contributed by atoms with van der Waals surface area (Å²) in [6.07, 6.45) is 1.69. The van der Waals surface area contributed by atoms with Crippen molar-refractivity contribution in [2.24, 2.45) is 0 Å². The smallest absolute Gasteiger partial charge is 0.139 e. The molecule has 1 aromatic carbocycles. The molecule has 1 nitrogen and oxygen atoms in total. The summed E-state index contributed by atoms with van der Waals surface area (Å²) in [6, 6.07) is 7.31. The average Bonchev–Trinajstić information content (AvgIpc) is 2.30. The minimum absolute atomic E-state index is 0.427. The molecule has 5 heteroatoms. The molecule has 0 N–H and O–H groups in total. The number of halogens is 3. The summed E-state index contributed by atoms with van der Waals surface area (Å²) in [5.41, 5.74) is 0.849. The number of thioether (sulfide) groups is 1. The number of hydrogen-bond acceptors (Lipinski definition) is 2. The molecule has 1 aromatic heterocycles. The van der Waals surface area contributed by atoms with Crippen LogP contribution in [0.15, 0.2) is 45.9 Å². The third-order valence-corrected chi connectivity index (χ3v) is 3.61. The maximum absolute atomic E-state index is 13.3. The minimum atomic E-state index is -0.561. The molecule has 2 aromatic rings. The zero-order chi connectivity index (χ0) is 12.3. The van der Waals surface area contributed by atoms with Crippen LogP contribution in [0, 0.1) is 11.6 Å². The van der Waals surface area contributed by atoms with Crippen molar-refractivity contribution in [2.75, 3.05) is 0 Å². The molecule has 0 fully saturated rings. The molecular weight excluding hydrogens is 308 g/mol. The Morgan fingerprint density at radius 2 is 2.00 bits per heavy atom. The molecule has 0 radical (unpaired) electrons. The van der Waals surface area contributed by atoms with E-state index in [4.69, 9.17) is 0 Å². The Kier molecular flexibility index (Phi) is 4.12. The van der Waals surface area contributed by atoms with Gasteiger partial charge in [-0.05, 0) is 40.2 Å². The largest absolute Gasteiger partial charge is 0.259 e. The highest BCUT2D eigenvalue weighted by Gasteiger charge is 2.05. The fraction of sp³-hybridized carbons (Fsp3) is 0.0833. The molecule has 1 heterocycles. The zero-order valence-electron chi connectivity index (χ0n) is 8.66. The number of hydrogen-bond donors (Lipinski definition) is 0. The monoisotopic (exact) mass is 315 g/mol. The van der Waals surface area contributed by atoms with Crippen LogP contribution < -0.4 is 0 Å². The molecular formula is C12H8BrF2NS. The van der Waals surface area contributed by atoms with Crippen molar-refractivity contribution in [2.45, 2.75) is 10.6 Å². The van der Waals surface area contributed by atoms with E-state index >= 15 is 0 Å². The third kappa shape index (κ3) is 3.51. The first-order valence-electron chi connectivity index (χ1n) is 4.83. The lowest BCUT2D eigenvalue weighted by Gasteiger charge is -2.03. The van der Waals surface area contributed by atoms with Gasteiger partial charge in [0.25, 0.3) is 0 Å². The van der Waals surface area contributed by atoms with Gasteiger partial charge < -0.3 is 0 Å². The van der Waals surface area contributed by atoms with Crippen molar-refractivity contribution < 1.29 is 8.78 Å². The van der Waals surface area contributed by atoms with Gasteiger partial charge in [-0.1, -0.05) is 0 Å². The zero-order valence-corrected chi connectivity index (χ0v) is 11.1. The number of nitrogens with zero attached hydrogens (tertiary/aromatic N) is 1. The Hall–Kier alpha value is -0.940. The maximum Gasteiger partial charge on any atom is 0.139 e. The normalized spacial score (nSPS) is 10.5. The summed E-state index contributed by atoms with van der Waals surface area (Å²) in [5, 5.41) is 0. The van der Waals surface area contributed by atoms with E-state index in [1.54, 1.807) is 6.20 Å². The predicted octanol–water partition coefficient (Wildman–Crippen LogP) is 4.41. The van der Waals surface area contributed by atoms with Crippen LogP contribution in [0.4, 0.5) is 8.78 Å². The van der Waals surface area contributed by atoms with Gasteiger partial charge in [0.15, 0.2) is 0 Å². The van der Waals surface area contributed by atoms with Crippen LogP contribution in [0.1, 0.15) is 5.69 Å². The SMILES string of the molecule is Fc1ccc(SCc2ccc(Br)cn2)c(F)c1. The van der Waals surface area contributed by atoms with Gasteiger partial charge in [-0.25, -0.2) is 8.78 Å². The summed E-state index contributed by atoms with van der Waals surface area (Å²) >= 11 is 4.59. The lowest BCUT2D eigenvalue weighted by Crippen LogP contribution is -1.88. The Balaban J connectivity index is 2.04. The highest BCUT2D eigenvalue weighted by molar-refractivity contribution is 9.10.